The molecular weight excluding hydrogens is 272 g/mol. The average molecular weight is 296 g/mol. The van der Waals surface area contributed by atoms with Crippen LogP contribution in [0.25, 0.3) is 0 Å². The van der Waals surface area contributed by atoms with Crippen molar-refractivity contribution in [3.05, 3.63) is 64.9 Å². The van der Waals surface area contributed by atoms with Crippen LogP contribution >= 0.6 is 0 Å². The van der Waals surface area contributed by atoms with E-state index < -0.39 is 0 Å². The lowest BCUT2D eigenvalue weighted by molar-refractivity contribution is -0.435. The van der Waals surface area contributed by atoms with Crippen LogP contribution < -0.4 is 0 Å². The molecule has 0 unspecified atom stereocenters. The normalized spacial score (nSPS) is 11.6. The Bertz CT molecular complexity index is 600. The van der Waals surface area contributed by atoms with Gasteiger partial charge in [0, 0.05) is 17.2 Å². The summed E-state index contributed by atoms with van der Waals surface area (Å²) in [7, 11) is 0. The van der Waals surface area contributed by atoms with Crippen molar-refractivity contribution in [3.63, 3.8) is 0 Å². The summed E-state index contributed by atoms with van der Waals surface area (Å²) in [6.07, 6.45) is 5.76. The van der Waals surface area contributed by atoms with Crippen LogP contribution in [0.5, 0.6) is 0 Å². The third-order valence-corrected chi connectivity index (χ3v) is 3.78. The molecule has 2 aromatic carbocycles. The minimum absolute atomic E-state index is 0.559. The molecule has 2 rings (SSSR count). The predicted molar refractivity (Wildman–Crippen MR) is 90.9 cm³/mol. The number of rotatable bonds is 7. The zero-order chi connectivity index (χ0) is 15.8. The van der Waals surface area contributed by atoms with Gasteiger partial charge >= 0.3 is 0 Å². The lowest BCUT2D eigenvalue weighted by Crippen LogP contribution is -1.91. The first-order valence-electron chi connectivity index (χ1n) is 8.09. The van der Waals surface area contributed by atoms with Gasteiger partial charge in [0.25, 0.3) is 0 Å². The largest absolute Gasteiger partial charge is 0.594 e. The highest BCUT2D eigenvalue weighted by atomic mass is 16.5. The Morgan fingerprint density at radius 3 is 2.09 bits per heavy atom. The minimum atomic E-state index is 0.559. The molecule has 2 aromatic rings. The standard InChI is InChI=1S/C19H24N2O/c1-3-5-6-7-17-8-12-18(13-9-17)20-21(22)19-14-10-16(4-2)11-15-19/h8-15H,3-7H2,1-2H3. The highest BCUT2D eigenvalue weighted by Crippen LogP contribution is 2.19. The molecule has 0 atom stereocenters. The first-order valence-corrected chi connectivity index (χ1v) is 8.09. The van der Waals surface area contributed by atoms with Gasteiger partial charge in [-0.05, 0) is 42.5 Å². The molecule has 0 saturated heterocycles. The summed E-state index contributed by atoms with van der Waals surface area (Å²) < 4.78 is 0. The highest BCUT2D eigenvalue weighted by Gasteiger charge is 2.04. The van der Waals surface area contributed by atoms with E-state index in [9.17, 15) is 5.21 Å². The second-order valence-corrected chi connectivity index (χ2v) is 5.52. The summed E-state index contributed by atoms with van der Waals surface area (Å²) in [5.41, 5.74) is 3.77. The fraction of sp³-hybridized carbons (Fsp3) is 0.368. The molecule has 0 aliphatic carbocycles. The SMILES string of the molecule is CCCCCc1ccc(N=[N+]([O-])c2ccc(CC)cc2)cc1. The molecular formula is C19H24N2O. The zero-order valence-electron chi connectivity index (χ0n) is 13.5. The summed E-state index contributed by atoms with van der Waals surface area (Å²) in [4.78, 5) is 0.686. The molecule has 0 fully saturated rings. The van der Waals surface area contributed by atoms with Crippen molar-refractivity contribution in [1.82, 2.24) is 0 Å². The molecule has 0 spiro atoms. The van der Waals surface area contributed by atoms with Crippen molar-refractivity contribution >= 4 is 11.4 Å². The summed E-state index contributed by atoms with van der Waals surface area (Å²) >= 11 is 0. The Labute approximate surface area is 132 Å². The van der Waals surface area contributed by atoms with Crippen LogP contribution in [0.3, 0.4) is 0 Å². The van der Waals surface area contributed by atoms with E-state index in [0.29, 0.717) is 16.2 Å². The molecule has 0 heterocycles. The maximum atomic E-state index is 12.1. The van der Waals surface area contributed by atoms with Gasteiger partial charge in [0.2, 0.25) is 5.69 Å². The zero-order valence-corrected chi connectivity index (χ0v) is 13.5. The fourth-order valence-corrected chi connectivity index (χ4v) is 2.33. The van der Waals surface area contributed by atoms with Crippen molar-refractivity contribution in [1.29, 1.82) is 0 Å². The van der Waals surface area contributed by atoms with E-state index >= 15 is 0 Å². The van der Waals surface area contributed by atoms with Crippen molar-refractivity contribution in [3.8, 4) is 0 Å². The van der Waals surface area contributed by atoms with Gasteiger partial charge in [-0.2, -0.15) is 0 Å². The van der Waals surface area contributed by atoms with Crippen LogP contribution in [0.15, 0.2) is 53.6 Å². The lowest BCUT2D eigenvalue weighted by Gasteiger charge is -2.02. The molecule has 116 valence electrons. The number of aryl methyl sites for hydroxylation is 2. The molecule has 3 nitrogen and oxygen atoms in total. The van der Waals surface area contributed by atoms with Crippen molar-refractivity contribution in [2.75, 3.05) is 0 Å². The van der Waals surface area contributed by atoms with Crippen LogP contribution in [-0.4, -0.2) is 4.86 Å². The van der Waals surface area contributed by atoms with Gasteiger partial charge in [0.1, 0.15) is 5.69 Å². The van der Waals surface area contributed by atoms with Crippen LogP contribution in [0, 0.1) is 5.21 Å². The Kier molecular flexibility index (Phi) is 6.13. The smallest absolute Gasteiger partial charge is 0.244 e. The summed E-state index contributed by atoms with van der Waals surface area (Å²) in [5, 5.41) is 16.2. The van der Waals surface area contributed by atoms with Crippen LogP contribution in [0.1, 0.15) is 44.2 Å². The Morgan fingerprint density at radius 1 is 0.864 bits per heavy atom. The summed E-state index contributed by atoms with van der Waals surface area (Å²) in [6.45, 7) is 4.30. The Hall–Kier alpha value is -2.16. The summed E-state index contributed by atoms with van der Waals surface area (Å²) in [6, 6.07) is 15.5. The van der Waals surface area contributed by atoms with E-state index in [-0.39, 0.29) is 0 Å². The second-order valence-electron chi connectivity index (χ2n) is 5.52. The van der Waals surface area contributed by atoms with Crippen molar-refractivity contribution in [2.45, 2.75) is 46.0 Å². The van der Waals surface area contributed by atoms with E-state index in [1.807, 2.05) is 36.4 Å². The minimum Gasteiger partial charge on any atom is -0.594 e. The molecule has 0 N–H and O–H groups in total. The lowest BCUT2D eigenvalue weighted by atomic mass is 10.1. The van der Waals surface area contributed by atoms with Crippen molar-refractivity contribution < 1.29 is 4.86 Å². The van der Waals surface area contributed by atoms with Crippen LogP contribution in [0.2, 0.25) is 0 Å². The van der Waals surface area contributed by atoms with Gasteiger partial charge < -0.3 is 5.21 Å². The van der Waals surface area contributed by atoms with Gasteiger partial charge in [0.15, 0.2) is 0 Å². The number of hydrogen-bond donors (Lipinski definition) is 0. The van der Waals surface area contributed by atoms with Gasteiger partial charge in [-0.1, -0.05) is 55.8 Å². The number of hydrogen-bond acceptors (Lipinski definition) is 2. The number of unbranched alkanes of at least 4 members (excludes halogenated alkanes) is 2. The molecule has 0 aromatic heterocycles. The Balaban J connectivity index is 2.04. The third kappa shape index (κ3) is 4.69. The Morgan fingerprint density at radius 2 is 1.50 bits per heavy atom. The van der Waals surface area contributed by atoms with Gasteiger partial charge in [0.05, 0.1) is 0 Å². The van der Waals surface area contributed by atoms with E-state index in [0.717, 1.165) is 12.8 Å². The summed E-state index contributed by atoms with van der Waals surface area (Å²) in [5.74, 6) is 0. The maximum Gasteiger partial charge on any atom is 0.244 e. The predicted octanol–water partition coefficient (Wildman–Crippen LogP) is 5.91. The molecule has 0 bridgehead atoms. The van der Waals surface area contributed by atoms with Gasteiger partial charge in [-0.15, -0.1) is 0 Å². The van der Waals surface area contributed by atoms with Gasteiger partial charge in [-0.3, -0.25) is 0 Å². The number of azo groups is 1. The van der Waals surface area contributed by atoms with Crippen LogP contribution in [-0.2, 0) is 12.8 Å². The molecule has 3 heteroatoms. The molecule has 0 amide bonds. The topological polar surface area (TPSA) is 38.4 Å². The van der Waals surface area contributed by atoms with Gasteiger partial charge in [-0.25, -0.2) is 0 Å². The molecule has 0 saturated carbocycles. The monoisotopic (exact) mass is 296 g/mol. The average Bonchev–Trinajstić information content (AvgIpc) is 2.57. The van der Waals surface area contributed by atoms with E-state index in [4.69, 9.17) is 0 Å². The maximum absolute atomic E-state index is 12.1. The quantitative estimate of drug-likeness (QED) is 0.271. The second kappa shape index (κ2) is 8.32. The number of benzene rings is 2. The van der Waals surface area contributed by atoms with E-state index in [2.05, 4.69) is 31.1 Å². The first-order chi connectivity index (χ1) is 10.7. The fourth-order valence-electron chi connectivity index (χ4n) is 2.33. The van der Waals surface area contributed by atoms with E-state index in [1.165, 1.54) is 30.4 Å². The number of nitrogens with zero attached hydrogens (tertiary/aromatic N) is 2. The molecule has 0 aliphatic rings. The first kappa shape index (κ1) is 16.2. The highest BCUT2D eigenvalue weighted by molar-refractivity contribution is 5.38. The van der Waals surface area contributed by atoms with Crippen molar-refractivity contribution in [2.24, 2.45) is 5.11 Å². The molecule has 0 radical (unpaired) electrons. The van der Waals surface area contributed by atoms with Crippen LogP contribution in [0.4, 0.5) is 11.4 Å². The molecule has 22 heavy (non-hydrogen) atoms. The third-order valence-electron chi connectivity index (χ3n) is 3.78. The van der Waals surface area contributed by atoms with E-state index in [1.54, 1.807) is 0 Å². The molecule has 0 aliphatic heterocycles.